The smallest absolute Gasteiger partial charge is 0.244 e. The van der Waals surface area contributed by atoms with Crippen LogP contribution in [0.25, 0.3) is 0 Å². The molecular formula is C22H30N2O4S. The van der Waals surface area contributed by atoms with Crippen molar-refractivity contribution in [2.45, 2.75) is 46.2 Å². The Kier molecular flexibility index (Phi) is 7.67. The fourth-order valence-electron chi connectivity index (χ4n) is 3.16. The van der Waals surface area contributed by atoms with Crippen LogP contribution in [0.2, 0.25) is 0 Å². The average molecular weight is 419 g/mol. The van der Waals surface area contributed by atoms with Gasteiger partial charge in [-0.15, -0.1) is 0 Å². The summed E-state index contributed by atoms with van der Waals surface area (Å²) in [7, 11) is -3.67. The van der Waals surface area contributed by atoms with E-state index in [0.717, 1.165) is 17.4 Å². The number of ether oxygens (including phenoxy) is 1. The summed E-state index contributed by atoms with van der Waals surface area (Å²) < 4.78 is 31.7. The molecule has 0 unspecified atom stereocenters. The van der Waals surface area contributed by atoms with Crippen LogP contribution >= 0.6 is 0 Å². The number of hydrogen-bond donors (Lipinski definition) is 1. The number of carbonyl (C=O) groups excluding carboxylic acids is 1. The molecule has 0 aromatic heterocycles. The molecule has 0 bridgehead atoms. The molecule has 0 aliphatic rings. The van der Waals surface area contributed by atoms with Gasteiger partial charge in [-0.3, -0.25) is 9.10 Å². The predicted molar refractivity (Wildman–Crippen MR) is 117 cm³/mol. The van der Waals surface area contributed by atoms with Crippen LogP contribution in [0.3, 0.4) is 0 Å². The number of amides is 1. The van der Waals surface area contributed by atoms with E-state index in [0.29, 0.717) is 24.5 Å². The normalized spacial score (nSPS) is 13.4. The highest BCUT2D eigenvalue weighted by molar-refractivity contribution is 7.92. The number of nitrogens with one attached hydrogen (secondary N) is 1. The Morgan fingerprint density at radius 2 is 1.66 bits per heavy atom. The highest BCUT2D eigenvalue weighted by Gasteiger charge is 2.32. The lowest BCUT2D eigenvalue weighted by Gasteiger charge is -2.31. The topological polar surface area (TPSA) is 75.7 Å². The third kappa shape index (κ3) is 5.97. The van der Waals surface area contributed by atoms with E-state index in [1.165, 1.54) is 4.31 Å². The molecule has 0 fully saturated rings. The van der Waals surface area contributed by atoms with Crippen molar-refractivity contribution in [3.8, 4) is 5.75 Å². The zero-order chi connectivity index (χ0) is 21.6. The molecular weight excluding hydrogens is 388 g/mol. The fraction of sp³-hybridized carbons (Fsp3) is 0.409. The Hall–Kier alpha value is -2.54. The number of aryl methyl sites for hydroxylation is 1. The first-order valence-electron chi connectivity index (χ1n) is 9.76. The third-order valence-electron chi connectivity index (χ3n) is 4.67. The molecule has 0 saturated heterocycles. The van der Waals surface area contributed by atoms with E-state index >= 15 is 0 Å². The Morgan fingerprint density at radius 1 is 1.07 bits per heavy atom. The van der Waals surface area contributed by atoms with Gasteiger partial charge in [0.25, 0.3) is 0 Å². The van der Waals surface area contributed by atoms with Crippen LogP contribution in [0.4, 0.5) is 5.69 Å². The van der Waals surface area contributed by atoms with Crippen LogP contribution in [-0.2, 0) is 14.8 Å². The summed E-state index contributed by atoms with van der Waals surface area (Å²) in [6, 6.07) is 13.5. The second kappa shape index (κ2) is 9.78. The summed E-state index contributed by atoms with van der Waals surface area (Å²) in [6.45, 7) is 8.08. The number of sulfonamides is 1. The molecule has 2 aromatic rings. The van der Waals surface area contributed by atoms with Gasteiger partial charge in [0.15, 0.2) is 0 Å². The molecule has 0 aliphatic carbocycles. The largest absolute Gasteiger partial charge is 0.494 e. The summed E-state index contributed by atoms with van der Waals surface area (Å²) in [5.74, 6) is 0.315. The molecule has 7 heteroatoms. The highest BCUT2D eigenvalue weighted by Crippen LogP contribution is 2.26. The fourth-order valence-corrected chi connectivity index (χ4v) is 4.38. The maximum atomic E-state index is 13.0. The quantitative estimate of drug-likeness (QED) is 0.672. The van der Waals surface area contributed by atoms with Gasteiger partial charge < -0.3 is 10.1 Å². The van der Waals surface area contributed by atoms with Gasteiger partial charge in [-0.1, -0.05) is 36.8 Å². The first-order valence-corrected chi connectivity index (χ1v) is 11.6. The number of carbonyl (C=O) groups is 1. The minimum Gasteiger partial charge on any atom is -0.494 e. The second-order valence-electron chi connectivity index (χ2n) is 7.05. The van der Waals surface area contributed by atoms with E-state index in [4.69, 9.17) is 4.74 Å². The Labute approximate surface area is 173 Å². The van der Waals surface area contributed by atoms with E-state index in [1.807, 2.05) is 45.0 Å². The number of rotatable bonds is 9. The molecule has 0 heterocycles. The van der Waals surface area contributed by atoms with E-state index in [-0.39, 0.29) is 11.9 Å². The second-order valence-corrected chi connectivity index (χ2v) is 8.91. The molecule has 158 valence electrons. The summed E-state index contributed by atoms with van der Waals surface area (Å²) in [5, 5.41) is 2.95. The van der Waals surface area contributed by atoms with Crippen molar-refractivity contribution in [2.75, 3.05) is 17.2 Å². The van der Waals surface area contributed by atoms with Gasteiger partial charge in [0.2, 0.25) is 15.9 Å². The van der Waals surface area contributed by atoms with Crippen LogP contribution in [0.1, 0.15) is 44.4 Å². The molecule has 0 aliphatic heterocycles. The summed E-state index contributed by atoms with van der Waals surface area (Å²) in [6.07, 6.45) is 1.45. The number of benzene rings is 2. The first-order chi connectivity index (χ1) is 13.7. The molecule has 0 radical (unpaired) electrons. The maximum absolute atomic E-state index is 13.0. The molecule has 0 spiro atoms. The molecule has 6 nitrogen and oxygen atoms in total. The van der Waals surface area contributed by atoms with Crippen LogP contribution in [0.5, 0.6) is 5.75 Å². The van der Waals surface area contributed by atoms with Crippen molar-refractivity contribution in [1.29, 1.82) is 0 Å². The Bertz CT molecular complexity index is 909. The summed E-state index contributed by atoms with van der Waals surface area (Å²) in [4.78, 5) is 13.0. The molecule has 1 N–H and O–H groups in total. The zero-order valence-corrected chi connectivity index (χ0v) is 18.5. The van der Waals surface area contributed by atoms with E-state index < -0.39 is 16.1 Å². The number of anilines is 1. The van der Waals surface area contributed by atoms with Crippen molar-refractivity contribution in [3.63, 3.8) is 0 Å². The lowest BCUT2D eigenvalue weighted by atomic mass is 10.1. The van der Waals surface area contributed by atoms with Crippen LogP contribution < -0.4 is 14.4 Å². The SMILES string of the molecule is CCOc1ccc(N([C@@H](CC)C(=O)N[C@@H](C)c2ccc(C)cc2)S(C)(=O)=O)cc1. The highest BCUT2D eigenvalue weighted by atomic mass is 32.2. The summed E-state index contributed by atoms with van der Waals surface area (Å²) >= 11 is 0. The van der Waals surface area contributed by atoms with Gasteiger partial charge in [0.05, 0.1) is 24.6 Å². The number of hydrogen-bond acceptors (Lipinski definition) is 4. The monoisotopic (exact) mass is 418 g/mol. The number of nitrogens with zero attached hydrogens (tertiary/aromatic N) is 1. The van der Waals surface area contributed by atoms with Crippen molar-refractivity contribution in [3.05, 3.63) is 59.7 Å². The van der Waals surface area contributed by atoms with Gasteiger partial charge in [0.1, 0.15) is 11.8 Å². The molecule has 29 heavy (non-hydrogen) atoms. The lowest BCUT2D eigenvalue weighted by Crippen LogP contribution is -2.49. The van der Waals surface area contributed by atoms with Gasteiger partial charge >= 0.3 is 0 Å². The first kappa shape index (κ1) is 22.7. The van der Waals surface area contributed by atoms with E-state index in [9.17, 15) is 13.2 Å². The minimum absolute atomic E-state index is 0.237. The molecule has 2 atom stereocenters. The molecule has 2 rings (SSSR count). The molecule has 2 aromatic carbocycles. The predicted octanol–water partition coefficient (Wildman–Crippen LogP) is 3.82. The van der Waals surface area contributed by atoms with Gasteiger partial charge in [-0.25, -0.2) is 8.42 Å². The average Bonchev–Trinajstić information content (AvgIpc) is 2.66. The minimum atomic E-state index is -3.67. The summed E-state index contributed by atoms with van der Waals surface area (Å²) in [5.41, 5.74) is 2.53. The molecule has 0 saturated carbocycles. The van der Waals surface area contributed by atoms with Crippen molar-refractivity contribution in [1.82, 2.24) is 5.32 Å². The van der Waals surface area contributed by atoms with Gasteiger partial charge in [-0.2, -0.15) is 0 Å². The van der Waals surface area contributed by atoms with E-state index in [1.54, 1.807) is 31.2 Å². The third-order valence-corrected chi connectivity index (χ3v) is 5.85. The van der Waals surface area contributed by atoms with Crippen LogP contribution in [0, 0.1) is 6.92 Å². The van der Waals surface area contributed by atoms with Crippen LogP contribution in [0.15, 0.2) is 48.5 Å². The van der Waals surface area contributed by atoms with Crippen LogP contribution in [-0.4, -0.2) is 33.2 Å². The standard InChI is InChI=1S/C22H30N2O4S/c1-6-21(22(25)23-17(4)18-10-8-16(3)9-11-18)24(29(5,26)27)19-12-14-20(15-13-19)28-7-2/h8-15,17,21H,6-7H2,1-5H3,(H,23,25)/t17-,21-/m0/s1. The van der Waals surface area contributed by atoms with Crippen molar-refractivity contribution >= 4 is 21.6 Å². The van der Waals surface area contributed by atoms with Crippen molar-refractivity contribution < 1.29 is 17.9 Å². The van der Waals surface area contributed by atoms with Crippen molar-refractivity contribution in [2.24, 2.45) is 0 Å². The van der Waals surface area contributed by atoms with E-state index in [2.05, 4.69) is 5.32 Å². The Morgan fingerprint density at radius 3 is 2.14 bits per heavy atom. The zero-order valence-electron chi connectivity index (χ0n) is 17.7. The maximum Gasteiger partial charge on any atom is 0.244 e. The lowest BCUT2D eigenvalue weighted by molar-refractivity contribution is -0.122. The Balaban J connectivity index is 2.27. The van der Waals surface area contributed by atoms with Gasteiger partial charge in [0, 0.05) is 0 Å². The van der Waals surface area contributed by atoms with Gasteiger partial charge in [-0.05, 0) is 57.0 Å². The molecule has 1 amide bonds.